The quantitative estimate of drug-likeness (QED) is 0.619. The van der Waals surface area contributed by atoms with E-state index in [-0.39, 0.29) is 61.0 Å². The molecule has 4 fully saturated rings. The third kappa shape index (κ3) is 4.70. The van der Waals surface area contributed by atoms with E-state index < -0.39 is 12.2 Å². The van der Waals surface area contributed by atoms with E-state index in [4.69, 9.17) is 28.4 Å². The molecule has 2 N–H and O–H groups in total. The van der Waals surface area contributed by atoms with Gasteiger partial charge < -0.3 is 38.6 Å². The highest BCUT2D eigenvalue weighted by Gasteiger charge is 2.46. The standard InChI is InChI=1S/2C10H18O4/c1-5-9(11)6(2)13-8-4-12-7(3)14-10(5)8;1-5-6(2)13-8-4-12-7(3)14-10(8)9(5)11/h2*5-11H,4H2,1-3H3. The minimum absolute atomic E-state index is 0.0281. The van der Waals surface area contributed by atoms with Crippen LogP contribution in [-0.4, -0.2) is 84.8 Å². The van der Waals surface area contributed by atoms with Gasteiger partial charge in [0.05, 0.1) is 43.7 Å². The van der Waals surface area contributed by atoms with Crippen LogP contribution < -0.4 is 0 Å². The number of aliphatic hydroxyl groups excluding tert-OH is 2. The molecule has 4 heterocycles. The van der Waals surface area contributed by atoms with Crippen LogP contribution >= 0.6 is 0 Å². The molecule has 0 radical (unpaired) electrons. The van der Waals surface area contributed by atoms with Gasteiger partial charge in [-0.1, -0.05) is 13.8 Å². The van der Waals surface area contributed by atoms with Gasteiger partial charge in [0.15, 0.2) is 12.6 Å². The van der Waals surface area contributed by atoms with Crippen molar-refractivity contribution in [3.63, 3.8) is 0 Å². The number of rotatable bonds is 0. The van der Waals surface area contributed by atoms with Crippen LogP contribution in [0.3, 0.4) is 0 Å². The van der Waals surface area contributed by atoms with Gasteiger partial charge in [-0.3, -0.25) is 0 Å². The summed E-state index contributed by atoms with van der Waals surface area (Å²) in [6, 6.07) is 0. The Bertz CT molecular complexity index is 457. The second kappa shape index (κ2) is 9.22. The van der Waals surface area contributed by atoms with Gasteiger partial charge in [-0.15, -0.1) is 0 Å². The Kier molecular flexibility index (Phi) is 7.37. The zero-order valence-electron chi connectivity index (χ0n) is 17.7. The Morgan fingerprint density at radius 2 is 1.07 bits per heavy atom. The van der Waals surface area contributed by atoms with E-state index in [0.29, 0.717) is 13.2 Å². The maximum atomic E-state index is 10.0. The van der Waals surface area contributed by atoms with E-state index in [1.54, 1.807) is 0 Å². The number of fused-ring (bicyclic) bond motifs is 2. The number of hydrogen-bond donors (Lipinski definition) is 2. The van der Waals surface area contributed by atoms with Gasteiger partial charge >= 0.3 is 0 Å². The molecule has 0 spiro atoms. The van der Waals surface area contributed by atoms with Crippen molar-refractivity contribution in [1.82, 2.24) is 0 Å². The molecule has 0 aromatic heterocycles. The summed E-state index contributed by atoms with van der Waals surface area (Å²) >= 11 is 0. The van der Waals surface area contributed by atoms with E-state index in [2.05, 4.69) is 0 Å². The molecule has 0 aliphatic carbocycles. The van der Waals surface area contributed by atoms with Crippen molar-refractivity contribution in [1.29, 1.82) is 0 Å². The molecule has 0 aromatic rings. The average Bonchev–Trinajstić information content (AvgIpc) is 2.66. The van der Waals surface area contributed by atoms with Crippen molar-refractivity contribution < 1.29 is 38.6 Å². The fraction of sp³-hybridized carbons (Fsp3) is 1.00. The molecule has 12 atom stereocenters. The fourth-order valence-electron chi connectivity index (χ4n) is 4.30. The van der Waals surface area contributed by atoms with Gasteiger partial charge in [0.25, 0.3) is 0 Å². The van der Waals surface area contributed by atoms with Gasteiger partial charge in [0.1, 0.15) is 18.3 Å². The first-order valence-electron chi connectivity index (χ1n) is 10.4. The van der Waals surface area contributed by atoms with Crippen LogP contribution in [0.4, 0.5) is 0 Å². The van der Waals surface area contributed by atoms with Crippen LogP contribution in [0.25, 0.3) is 0 Å². The highest BCUT2D eigenvalue weighted by Crippen LogP contribution is 2.32. The van der Waals surface area contributed by atoms with Crippen LogP contribution in [0.5, 0.6) is 0 Å². The molecule has 0 saturated carbocycles. The first kappa shape index (κ1) is 22.4. The molecule has 12 unspecified atom stereocenters. The smallest absolute Gasteiger partial charge is 0.155 e. The fourth-order valence-corrected chi connectivity index (χ4v) is 4.30. The first-order chi connectivity index (χ1) is 13.2. The SMILES string of the molecule is CC1OCC2OC(C)C(C)C(O)C2O1.CC1OCC2OC(C)C(O)C(C)C2O1. The molecule has 4 aliphatic heterocycles. The van der Waals surface area contributed by atoms with Crippen molar-refractivity contribution in [2.75, 3.05) is 13.2 Å². The lowest BCUT2D eigenvalue weighted by Crippen LogP contribution is -2.58. The molecule has 0 amide bonds. The lowest BCUT2D eigenvalue weighted by atomic mass is 9.88. The predicted molar refractivity (Wildman–Crippen MR) is 99.6 cm³/mol. The zero-order chi connectivity index (χ0) is 20.6. The Morgan fingerprint density at radius 3 is 1.68 bits per heavy atom. The lowest BCUT2D eigenvalue weighted by Gasteiger charge is -2.46. The molecule has 4 aliphatic rings. The average molecular weight is 405 g/mol. The number of ether oxygens (including phenoxy) is 6. The minimum atomic E-state index is -0.449. The van der Waals surface area contributed by atoms with Gasteiger partial charge in [0, 0.05) is 11.8 Å². The van der Waals surface area contributed by atoms with Crippen LogP contribution in [0.15, 0.2) is 0 Å². The summed E-state index contributed by atoms with van der Waals surface area (Å²) in [5.41, 5.74) is 0. The van der Waals surface area contributed by atoms with Crippen molar-refractivity contribution >= 4 is 0 Å². The number of hydrogen-bond acceptors (Lipinski definition) is 8. The highest BCUT2D eigenvalue weighted by atomic mass is 16.7. The van der Waals surface area contributed by atoms with Crippen molar-refractivity contribution in [2.45, 2.75) is 103 Å². The Hall–Kier alpha value is -0.320. The van der Waals surface area contributed by atoms with Crippen molar-refractivity contribution in [3.05, 3.63) is 0 Å². The van der Waals surface area contributed by atoms with Gasteiger partial charge in [-0.05, 0) is 27.7 Å². The van der Waals surface area contributed by atoms with E-state index in [1.807, 2.05) is 41.5 Å². The Balaban J connectivity index is 0.000000161. The maximum absolute atomic E-state index is 10.0. The van der Waals surface area contributed by atoms with Crippen LogP contribution in [0, 0.1) is 11.8 Å². The molecular formula is C20H36O8. The molecule has 0 bridgehead atoms. The monoisotopic (exact) mass is 404 g/mol. The summed E-state index contributed by atoms with van der Waals surface area (Å²) in [6.45, 7) is 12.6. The molecule has 28 heavy (non-hydrogen) atoms. The molecule has 164 valence electrons. The highest BCUT2D eigenvalue weighted by molar-refractivity contribution is 4.92. The zero-order valence-corrected chi connectivity index (χ0v) is 17.7. The second-order valence-corrected chi connectivity index (χ2v) is 8.46. The Morgan fingerprint density at radius 1 is 0.571 bits per heavy atom. The summed E-state index contributed by atoms with van der Waals surface area (Å²) in [5, 5.41) is 19.8. The van der Waals surface area contributed by atoms with Crippen LogP contribution in [0.1, 0.15) is 41.5 Å². The summed E-state index contributed by atoms with van der Waals surface area (Å²) in [6.07, 6.45) is -1.81. The molecule has 8 heteroatoms. The van der Waals surface area contributed by atoms with Gasteiger partial charge in [0.2, 0.25) is 0 Å². The number of aliphatic hydroxyl groups is 2. The van der Waals surface area contributed by atoms with Gasteiger partial charge in [-0.25, -0.2) is 0 Å². The molecule has 0 aromatic carbocycles. The maximum Gasteiger partial charge on any atom is 0.155 e. The topological polar surface area (TPSA) is 95.8 Å². The molecule has 4 saturated heterocycles. The summed E-state index contributed by atoms with van der Waals surface area (Å²) < 4.78 is 33.1. The van der Waals surface area contributed by atoms with Crippen LogP contribution in [-0.2, 0) is 28.4 Å². The first-order valence-corrected chi connectivity index (χ1v) is 10.4. The van der Waals surface area contributed by atoms with Crippen LogP contribution in [0.2, 0.25) is 0 Å². The predicted octanol–water partition coefficient (Wildman–Crippen LogP) is 1.06. The summed E-state index contributed by atoms with van der Waals surface area (Å²) in [5.74, 6) is 0.219. The summed E-state index contributed by atoms with van der Waals surface area (Å²) in [4.78, 5) is 0. The summed E-state index contributed by atoms with van der Waals surface area (Å²) in [7, 11) is 0. The normalized spacial score (nSPS) is 54.0. The van der Waals surface area contributed by atoms with E-state index >= 15 is 0 Å². The van der Waals surface area contributed by atoms with E-state index in [1.165, 1.54) is 0 Å². The third-order valence-electron chi connectivity index (χ3n) is 6.35. The molecule has 8 nitrogen and oxygen atoms in total. The second-order valence-electron chi connectivity index (χ2n) is 8.46. The van der Waals surface area contributed by atoms with E-state index in [0.717, 1.165) is 0 Å². The Labute approximate surface area is 167 Å². The largest absolute Gasteiger partial charge is 0.390 e. The van der Waals surface area contributed by atoms with Gasteiger partial charge in [-0.2, -0.15) is 0 Å². The van der Waals surface area contributed by atoms with Crippen molar-refractivity contribution in [2.24, 2.45) is 11.8 Å². The molecule has 4 rings (SSSR count). The molecular weight excluding hydrogens is 368 g/mol. The third-order valence-corrected chi connectivity index (χ3v) is 6.35. The lowest BCUT2D eigenvalue weighted by molar-refractivity contribution is -0.310. The minimum Gasteiger partial charge on any atom is -0.390 e. The van der Waals surface area contributed by atoms with Crippen molar-refractivity contribution in [3.8, 4) is 0 Å². The van der Waals surface area contributed by atoms with E-state index in [9.17, 15) is 10.2 Å².